The van der Waals surface area contributed by atoms with Gasteiger partial charge in [0.05, 0.1) is 7.11 Å². The fraction of sp³-hybridized carbons (Fsp3) is 0.474. The maximum Gasteiger partial charge on any atom is 0.257 e. The highest BCUT2D eigenvalue weighted by molar-refractivity contribution is 5.45. The van der Waals surface area contributed by atoms with Gasteiger partial charge in [-0.25, -0.2) is 9.97 Å². The van der Waals surface area contributed by atoms with E-state index in [4.69, 9.17) is 4.74 Å². The third-order valence-electron chi connectivity index (χ3n) is 4.57. The van der Waals surface area contributed by atoms with Gasteiger partial charge in [0, 0.05) is 31.5 Å². The van der Waals surface area contributed by atoms with E-state index in [1.807, 2.05) is 0 Å². The van der Waals surface area contributed by atoms with Crippen LogP contribution in [0, 0.1) is 0 Å². The van der Waals surface area contributed by atoms with Crippen molar-refractivity contribution in [3.05, 3.63) is 48.3 Å². The molecule has 24 heavy (non-hydrogen) atoms. The Morgan fingerprint density at radius 3 is 2.62 bits per heavy atom. The molecule has 0 bridgehead atoms. The number of benzene rings is 1. The van der Waals surface area contributed by atoms with Crippen molar-refractivity contribution in [3.63, 3.8) is 0 Å². The molecule has 5 heteroatoms. The van der Waals surface area contributed by atoms with Gasteiger partial charge in [-0.1, -0.05) is 30.3 Å². The second-order valence-corrected chi connectivity index (χ2v) is 6.26. The molecule has 0 saturated carbocycles. The molecular formula is C19H26N4O. The molecule has 1 aliphatic heterocycles. The summed E-state index contributed by atoms with van der Waals surface area (Å²) in [5.41, 5.74) is 1.43. The molecule has 1 aromatic heterocycles. The van der Waals surface area contributed by atoms with E-state index in [0.717, 1.165) is 38.2 Å². The average molecular weight is 326 g/mol. The van der Waals surface area contributed by atoms with E-state index in [2.05, 4.69) is 50.5 Å². The molecule has 0 amide bonds. The summed E-state index contributed by atoms with van der Waals surface area (Å²) in [4.78, 5) is 11.1. The molecule has 2 aromatic rings. The third-order valence-corrected chi connectivity index (χ3v) is 4.57. The van der Waals surface area contributed by atoms with Crippen molar-refractivity contribution in [1.29, 1.82) is 0 Å². The Morgan fingerprint density at radius 2 is 1.88 bits per heavy atom. The SMILES string of the molecule is COc1nccnc1NC1CCN(CCCc2ccccc2)CC1. The number of piperidine rings is 1. The number of aromatic nitrogens is 2. The van der Waals surface area contributed by atoms with Crippen LogP contribution in [0.1, 0.15) is 24.8 Å². The van der Waals surface area contributed by atoms with Crippen LogP contribution in [0.4, 0.5) is 5.82 Å². The van der Waals surface area contributed by atoms with Gasteiger partial charge in [0.15, 0.2) is 5.82 Å². The Labute approximate surface area is 144 Å². The summed E-state index contributed by atoms with van der Waals surface area (Å²) >= 11 is 0. The van der Waals surface area contributed by atoms with Crippen LogP contribution in [0.25, 0.3) is 0 Å². The maximum absolute atomic E-state index is 5.26. The zero-order valence-electron chi connectivity index (χ0n) is 14.3. The molecular weight excluding hydrogens is 300 g/mol. The number of hydrogen-bond donors (Lipinski definition) is 1. The van der Waals surface area contributed by atoms with Crippen LogP contribution in [-0.2, 0) is 6.42 Å². The monoisotopic (exact) mass is 326 g/mol. The number of nitrogens with one attached hydrogen (secondary N) is 1. The molecule has 0 atom stereocenters. The molecule has 1 aromatic carbocycles. The first-order valence-electron chi connectivity index (χ1n) is 8.73. The smallest absolute Gasteiger partial charge is 0.257 e. The van der Waals surface area contributed by atoms with Gasteiger partial charge in [-0.2, -0.15) is 0 Å². The van der Waals surface area contributed by atoms with Gasteiger partial charge in [-0.05, 0) is 37.8 Å². The normalized spacial score (nSPS) is 16.0. The van der Waals surface area contributed by atoms with Crippen LogP contribution in [0.3, 0.4) is 0 Å². The largest absolute Gasteiger partial charge is 0.478 e. The lowest BCUT2D eigenvalue weighted by Gasteiger charge is -2.32. The highest BCUT2D eigenvalue weighted by Crippen LogP contribution is 2.21. The van der Waals surface area contributed by atoms with Crippen molar-refractivity contribution in [3.8, 4) is 5.88 Å². The second-order valence-electron chi connectivity index (χ2n) is 6.26. The van der Waals surface area contributed by atoms with Crippen molar-refractivity contribution in [1.82, 2.24) is 14.9 Å². The summed E-state index contributed by atoms with van der Waals surface area (Å²) in [6, 6.07) is 11.2. The quantitative estimate of drug-likeness (QED) is 0.848. The summed E-state index contributed by atoms with van der Waals surface area (Å²) < 4.78 is 5.26. The van der Waals surface area contributed by atoms with Gasteiger partial charge in [-0.3, -0.25) is 0 Å². The number of anilines is 1. The lowest BCUT2D eigenvalue weighted by Crippen LogP contribution is -2.39. The lowest BCUT2D eigenvalue weighted by atomic mass is 10.0. The first kappa shape index (κ1) is 16.7. The standard InChI is InChI=1S/C19H26N4O/c1-24-19-18(20-11-12-21-19)22-17-9-14-23(15-10-17)13-5-8-16-6-3-2-4-7-16/h2-4,6-7,11-12,17H,5,8-10,13-15H2,1H3,(H,20,22). The van der Waals surface area contributed by atoms with Gasteiger partial charge in [0.1, 0.15) is 0 Å². The first-order chi connectivity index (χ1) is 11.8. The number of likely N-dealkylation sites (tertiary alicyclic amines) is 1. The van der Waals surface area contributed by atoms with Crippen LogP contribution in [0.2, 0.25) is 0 Å². The number of rotatable bonds is 7. The molecule has 128 valence electrons. The summed E-state index contributed by atoms with van der Waals surface area (Å²) in [5.74, 6) is 1.32. The van der Waals surface area contributed by atoms with Gasteiger partial charge in [0.25, 0.3) is 5.88 Å². The van der Waals surface area contributed by atoms with Gasteiger partial charge < -0.3 is 15.0 Å². The van der Waals surface area contributed by atoms with Crippen molar-refractivity contribution in [2.75, 3.05) is 32.1 Å². The zero-order valence-corrected chi connectivity index (χ0v) is 14.3. The molecule has 1 fully saturated rings. The molecule has 3 rings (SSSR count). The Bertz CT molecular complexity index is 612. The Kier molecular flexibility index (Phi) is 6.01. The first-order valence-corrected chi connectivity index (χ1v) is 8.73. The third kappa shape index (κ3) is 4.68. The predicted molar refractivity (Wildman–Crippen MR) is 96.4 cm³/mol. The van der Waals surface area contributed by atoms with E-state index in [1.165, 1.54) is 18.5 Å². The van der Waals surface area contributed by atoms with Crippen LogP contribution in [-0.4, -0.2) is 47.7 Å². The van der Waals surface area contributed by atoms with E-state index in [9.17, 15) is 0 Å². The highest BCUT2D eigenvalue weighted by atomic mass is 16.5. The molecule has 1 N–H and O–H groups in total. The number of aryl methyl sites for hydroxylation is 1. The lowest BCUT2D eigenvalue weighted by molar-refractivity contribution is 0.216. The van der Waals surface area contributed by atoms with E-state index in [-0.39, 0.29) is 0 Å². The maximum atomic E-state index is 5.26. The topological polar surface area (TPSA) is 50.3 Å². The fourth-order valence-corrected chi connectivity index (χ4v) is 3.22. The van der Waals surface area contributed by atoms with Gasteiger partial charge >= 0.3 is 0 Å². The molecule has 0 aliphatic carbocycles. The number of ether oxygens (including phenoxy) is 1. The minimum Gasteiger partial charge on any atom is -0.478 e. The number of hydrogen-bond acceptors (Lipinski definition) is 5. The van der Waals surface area contributed by atoms with Gasteiger partial charge in [0.2, 0.25) is 0 Å². The summed E-state index contributed by atoms with van der Waals surface area (Å²) in [7, 11) is 1.63. The van der Waals surface area contributed by atoms with Crippen molar-refractivity contribution in [2.24, 2.45) is 0 Å². The molecule has 1 aliphatic rings. The Hall–Kier alpha value is -2.14. The molecule has 0 spiro atoms. The van der Waals surface area contributed by atoms with Crippen molar-refractivity contribution >= 4 is 5.82 Å². The van der Waals surface area contributed by atoms with E-state index in [1.54, 1.807) is 19.5 Å². The van der Waals surface area contributed by atoms with E-state index >= 15 is 0 Å². The highest BCUT2D eigenvalue weighted by Gasteiger charge is 2.20. The van der Waals surface area contributed by atoms with Crippen LogP contribution in [0.15, 0.2) is 42.7 Å². The average Bonchev–Trinajstić information content (AvgIpc) is 2.64. The molecule has 0 radical (unpaired) electrons. The summed E-state index contributed by atoms with van der Waals surface area (Å²) in [6.07, 6.45) is 8.00. The zero-order chi connectivity index (χ0) is 16.6. The molecule has 2 heterocycles. The summed E-state index contributed by atoms with van der Waals surface area (Å²) in [6.45, 7) is 3.44. The minimum absolute atomic E-state index is 0.445. The molecule has 1 saturated heterocycles. The van der Waals surface area contributed by atoms with Crippen LogP contribution in [0.5, 0.6) is 5.88 Å². The van der Waals surface area contributed by atoms with E-state index in [0.29, 0.717) is 11.9 Å². The summed E-state index contributed by atoms with van der Waals surface area (Å²) in [5, 5.41) is 3.48. The van der Waals surface area contributed by atoms with Crippen LogP contribution < -0.4 is 10.1 Å². The number of methoxy groups -OCH3 is 1. The van der Waals surface area contributed by atoms with Crippen LogP contribution >= 0.6 is 0 Å². The van der Waals surface area contributed by atoms with E-state index < -0.39 is 0 Å². The van der Waals surface area contributed by atoms with Crippen molar-refractivity contribution in [2.45, 2.75) is 31.7 Å². The fourth-order valence-electron chi connectivity index (χ4n) is 3.22. The Morgan fingerprint density at radius 1 is 1.12 bits per heavy atom. The predicted octanol–water partition coefficient (Wildman–Crippen LogP) is 2.99. The number of nitrogens with zero attached hydrogens (tertiary/aromatic N) is 3. The molecule has 5 nitrogen and oxygen atoms in total. The van der Waals surface area contributed by atoms with Crippen molar-refractivity contribution < 1.29 is 4.74 Å². The minimum atomic E-state index is 0.445. The Balaban J connectivity index is 1.39. The molecule has 0 unspecified atom stereocenters. The second kappa shape index (κ2) is 8.64. The van der Waals surface area contributed by atoms with Gasteiger partial charge in [-0.15, -0.1) is 0 Å².